The van der Waals surface area contributed by atoms with Crippen molar-refractivity contribution < 1.29 is 9.84 Å². The van der Waals surface area contributed by atoms with Gasteiger partial charge in [0.2, 0.25) is 5.88 Å². The van der Waals surface area contributed by atoms with Gasteiger partial charge in [-0.1, -0.05) is 0 Å². The fourth-order valence-electron chi connectivity index (χ4n) is 1.56. The van der Waals surface area contributed by atoms with Gasteiger partial charge in [0, 0.05) is 11.3 Å². The minimum Gasteiger partial charge on any atom is -0.473 e. The lowest BCUT2D eigenvalue weighted by Gasteiger charge is -2.23. The van der Waals surface area contributed by atoms with Crippen molar-refractivity contribution in [3.63, 3.8) is 0 Å². The molecular formula is C12H22N4O2S. The molecule has 0 radical (unpaired) electrons. The molecule has 0 amide bonds. The molecule has 1 aromatic rings. The van der Waals surface area contributed by atoms with Gasteiger partial charge in [-0.25, -0.2) is 4.98 Å². The smallest absolute Gasteiger partial charge is 0.242 e. The van der Waals surface area contributed by atoms with Crippen LogP contribution in [0.2, 0.25) is 0 Å². The summed E-state index contributed by atoms with van der Waals surface area (Å²) in [7, 11) is 0. The third-order valence-electron chi connectivity index (χ3n) is 2.60. The Morgan fingerprint density at radius 2 is 2.11 bits per heavy atom. The third-order valence-corrected chi connectivity index (χ3v) is 3.76. The maximum atomic E-state index is 9.27. The number of rotatable bonds is 7. The monoisotopic (exact) mass is 286 g/mol. The number of aromatic nitrogens is 2. The standard InChI is InChI=1S/C12H22N4O2S/c1-7(2)18-12-10(13)11(14-6-15-12)16-8(3)9(5-17)19-4/h6-9,17H,5,13H2,1-4H3,(H,14,15,16). The zero-order valence-electron chi connectivity index (χ0n) is 11.8. The van der Waals surface area contributed by atoms with Crippen LogP contribution in [-0.4, -0.2) is 45.3 Å². The minimum atomic E-state index is -0.00105. The molecule has 0 aromatic carbocycles. The number of nitrogen functional groups attached to an aromatic ring is 1. The van der Waals surface area contributed by atoms with Crippen LogP contribution in [0, 0.1) is 0 Å². The van der Waals surface area contributed by atoms with Crippen LogP contribution < -0.4 is 15.8 Å². The minimum absolute atomic E-state index is 0.00105. The van der Waals surface area contributed by atoms with Crippen LogP contribution in [0.15, 0.2) is 6.33 Å². The molecule has 4 N–H and O–H groups in total. The van der Waals surface area contributed by atoms with Crippen molar-refractivity contribution in [2.24, 2.45) is 0 Å². The van der Waals surface area contributed by atoms with Crippen molar-refractivity contribution in [3.8, 4) is 5.88 Å². The third kappa shape index (κ3) is 4.43. The second kappa shape index (κ2) is 7.40. The fraction of sp³-hybridized carbons (Fsp3) is 0.667. The predicted octanol–water partition coefficient (Wildman–Crippen LogP) is 1.37. The second-order valence-electron chi connectivity index (χ2n) is 4.50. The highest BCUT2D eigenvalue weighted by atomic mass is 32.2. The van der Waals surface area contributed by atoms with Gasteiger partial charge in [-0.15, -0.1) is 0 Å². The predicted molar refractivity (Wildman–Crippen MR) is 79.7 cm³/mol. The Morgan fingerprint density at radius 1 is 1.42 bits per heavy atom. The number of aliphatic hydroxyl groups excluding tert-OH is 1. The summed E-state index contributed by atoms with van der Waals surface area (Å²) < 4.78 is 5.51. The van der Waals surface area contributed by atoms with Crippen LogP contribution in [0.5, 0.6) is 5.88 Å². The van der Waals surface area contributed by atoms with Crippen LogP contribution in [0.1, 0.15) is 20.8 Å². The van der Waals surface area contributed by atoms with E-state index in [-0.39, 0.29) is 24.0 Å². The van der Waals surface area contributed by atoms with Gasteiger partial charge in [0.05, 0.1) is 12.7 Å². The Morgan fingerprint density at radius 3 is 2.63 bits per heavy atom. The van der Waals surface area contributed by atoms with E-state index in [0.717, 1.165) is 0 Å². The van der Waals surface area contributed by atoms with E-state index in [1.807, 2.05) is 27.0 Å². The number of hydrogen-bond acceptors (Lipinski definition) is 7. The summed E-state index contributed by atoms with van der Waals surface area (Å²) in [6.07, 6.45) is 3.37. The number of hydrogen-bond donors (Lipinski definition) is 3. The van der Waals surface area contributed by atoms with E-state index < -0.39 is 0 Å². The Hall–Kier alpha value is -1.21. The van der Waals surface area contributed by atoms with Gasteiger partial charge < -0.3 is 20.9 Å². The first-order valence-electron chi connectivity index (χ1n) is 6.16. The quantitative estimate of drug-likeness (QED) is 0.697. The molecule has 2 unspecified atom stereocenters. The van der Waals surface area contributed by atoms with E-state index in [1.165, 1.54) is 6.33 Å². The first-order valence-corrected chi connectivity index (χ1v) is 7.45. The summed E-state index contributed by atoms with van der Waals surface area (Å²) in [5.41, 5.74) is 6.37. The summed E-state index contributed by atoms with van der Waals surface area (Å²) in [5.74, 6) is 0.912. The molecular weight excluding hydrogens is 264 g/mol. The average Bonchev–Trinajstić information content (AvgIpc) is 2.35. The van der Waals surface area contributed by atoms with Crippen LogP contribution in [0.4, 0.5) is 11.5 Å². The fourth-order valence-corrected chi connectivity index (χ4v) is 2.18. The summed E-state index contributed by atoms with van der Waals surface area (Å²) in [5, 5.41) is 12.5. The molecule has 0 fully saturated rings. The highest BCUT2D eigenvalue weighted by molar-refractivity contribution is 7.99. The SMILES string of the molecule is CSC(CO)C(C)Nc1ncnc(OC(C)C)c1N. The number of nitrogens with zero attached hydrogens (tertiary/aromatic N) is 2. The molecule has 0 bridgehead atoms. The summed E-state index contributed by atoms with van der Waals surface area (Å²) in [6.45, 7) is 5.89. The molecule has 7 heteroatoms. The zero-order chi connectivity index (χ0) is 14.4. The normalized spacial score (nSPS) is 14.2. The van der Waals surface area contributed by atoms with E-state index in [1.54, 1.807) is 11.8 Å². The highest BCUT2D eigenvalue weighted by Gasteiger charge is 2.18. The van der Waals surface area contributed by atoms with Crippen LogP contribution in [0.25, 0.3) is 0 Å². The van der Waals surface area contributed by atoms with Gasteiger partial charge in [0.25, 0.3) is 0 Å². The van der Waals surface area contributed by atoms with Gasteiger partial charge >= 0.3 is 0 Å². The van der Waals surface area contributed by atoms with Gasteiger partial charge in [0.15, 0.2) is 5.82 Å². The zero-order valence-corrected chi connectivity index (χ0v) is 12.6. The lowest BCUT2D eigenvalue weighted by molar-refractivity contribution is 0.234. The summed E-state index contributed by atoms with van der Waals surface area (Å²) in [4.78, 5) is 8.14. The molecule has 19 heavy (non-hydrogen) atoms. The molecule has 0 spiro atoms. The average molecular weight is 286 g/mol. The molecule has 6 nitrogen and oxygen atoms in total. The Labute approximate surface area is 118 Å². The van der Waals surface area contributed by atoms with E-state index in [4.69, 9.17) is 10.5 Å². The molecule has 0 saturated carbocycles. The molecule has 0 aliphatic carbocycles. The molecule has 0 aliphatic rings. The first-order chi connectivity index (χ1) is 8.99. The molecule has 2 atom stereocenters. The van der Waals surface area contributed by atoms with Crippen molar-refractivity contribution in [2.75, 3.05) is 23.9 Å². The molecule has 108 valence electrons. The van der Waals surface area contributed by atoms with Gasteiger partial charge in [-0.2, -0.15) is 16.7 Å². The molecule has 0 saturated heterocycles. The van der Waals surface area contributed by atoms with E-state index in [0.29, 0.717) is 17.4 Å². The lowest BCUT2D eigenvalue weighted by atomic mass is 10.2. The van der Waals surface area contributed by atoms with E-state index >= 15 is 0 Å². The number of anilines is 2. The van der Waals surface area contributed by atoms with Crippen molar-refractivity contribution in [1.82, 2.24) is 9.97 Å². The number of aliphatic hydroxyl groups is 1. The number of nitrogens with one attached hydrogen (secondary N) is 1. The maximum absolute atomic E-state index is 9.27. The van der Waals surface area contributed by atoms with Crippen LogP contribution in [0.3, 0.4) is 0 Å². The maximum Gasteiger partial charge on any atom is 0.242 e. The number of thioether (sulfide) groups is 1. The van der Waals surface area contributed by atoms with Gasteiger partial charge in [-0.3, -0.25) is 0 Å². The van der Waals surface area contributed by atoms with Crippen LogP contribution in [-0.2, 0) is 0 Å². The lowest BCUT2D eigenvalue weighted by Crippen LogP contribution is -2.31. The van der Waals surface area contributed by atoms with Crippen molar-refractivity contribution >= 4 is 23.3 Å². The van der Waals surface area contributed by atoms with Crippen LogP contribution >= 0.6 is 11.8 Å². The summed E-state index contributed by atoms with van der Waals surface area (Å²) in [6, 6.07) is 0.0316. The van der Waals surface area contributed by atoms with E-state index in [9.17, 15) is 5.11 Å². The number of ether oxygens (including phenoxy) is 1. The van der Waals surface area contributed by atoms with Gasteiger partial charge in [0.1, 0.15) is 12.0 Å². The number of nitrogens with two attached hydrogens (primary N) is 1. The van der Waals surface area contributed by atoms with E-state index in [2.05, 4.69) is 15.3 Å². The highest BCUT2D eigenvalue weighted by Crippen LogP contribution is 2.27. The van der Waals surface area contributed by atoms with Crippen molar-refractivity contribution in [3.05, 3.63) is 6.33 Å². The topological polar surface area (TPSA) is 93.3 Å². The Kier molecular flexibility index (Phi) is 6.17. The molecule has 1 aromatic heterocycles. The molecule has 1 rings (SSSR count). The Balaban J connectivity index is 2.84. The first kappa shape index (κ1) is 15.8. The van der Waals surface area contributed by atoms with Crippen molar-refractivity contribution in [1.29, 1.82) is 0 Å². The molecule has 0 aliphatic heterocycles. The Bertz CT molecular complexity index is 399. The second-order valence-corrected chi connectivity index (χ2v) is 5.57. The summed E-state index contributed by atoms with van der Waals surface area (Å²) >= 11 is 1.59. The van der Waals surface area contributed by atoms with Gasteiger partial charge in [-0.05, 0) is 27.0 Å². The van der Waals surface area contributed by atoms with Crippen molar-refractivity contribution in [2.45, 2.75) is 38.2 Å². The largest absolute Gasteiger partial charge is 0.473 e. The molecule has 1 heterocycles.